The van der Waals surface area contributed by atoms with Crippen LogP contribution in [0, 0.1) is 12.7 Å². The summed E-state index contributed by atoms with van der Waals surface area (Å²) < 4.78 is 23.9. The maximum atomic E-state index is 13.5. The van der Waals surface area contributed by atoms with Crippen LogP contribution in [0.1, 0.15) is 21.5 Å². The van der Waals surface area contributed by atoms with Gasteiger partial charge in [-0.05, 0) is 48.4 Å². The molecule has 0 saturated carbocycles. The highest BCUT2D eigenvalue weighted by Gasteiger charge is 2.08. The van der Waals surface area contributed by atoms with Crippen LogP contribution >= 0.6 is 0 Å². The molecule has 0 fully saturated rings. The third kappa shape index (κ3) is 3.51. The van der Waals surface area contributed by atoms with E-state index in [0.717, 1.165) is 0 Å². The Labute approximate surface area is 121 Å². The van der Waals surface area contributed by atoms with Gasteiger partial charge in [0.15, 0.2) is 11.6 Å². The first-order valence-electron chi connectivity index (χ1n) is 6.30. The van der Waals surface area contributed by atoms with E-state index in [1.54, 1.807) is 25.1 Å². The fraction of sp³-hybridized carbons (Fsp3) is 0.188. The van der Waals surface area contributed by atoms with E-state index in [4.69, 9.17) is 14.6 Å². The van der Waals surface area contributed by atoms with Crippen LogP contribution in [0.4, 0.5) is 4.39 Å². The van der Waals surface area contributed by atoms with Crippen molar-refractivity contribution in [2.45, 2.75) is 13.5 Å². The SMILES string of the molecule is COc1ccc(COc2ccc(C(=O)O)c(C)c2)cc1F. The number of benzene rings is 2. The highest BCUT2D eigenvalue weighted by molar-refractivity contribution is 5.89. The van der Waals surface area contributed by atoms with Crippen molar-refractivity contribution in [1.82, 2.24) is 0 Å². The van der Waals surface area contributed by atoms with Crippen molar-refractivity contribution >= 4 is 5.97 Å². The smallest absolute Gasteiger partial charge is 0.335 e. The molecule has 0 spiro atoms. The summed E-state index contributed by atoms with van der Waals surface area (Å²) >= 11 is 0. The van der Waals surface area contributed by atoms with Crippen molar-refractivity contribution in [2.24, 2.45) is 0 Å². The number of carbonyl (C=O) groups is 1. The molecule has 0 bridgehead atoms. The van der Waals surface area contributed by atoms with Crippen LogP contribution in [0.25, 0.3) is 0 Å². The zero-order chi connectivity index (χ0) is 15.4. The summed E-state index contributed by atoms with van der Waals surface area (Å²) in [6, 6.07) is 9.30. The summed E-state index contributed by atoms with van der Waals surface area (Å²) in [5.74, 6) is -0.707. The summed E-state index contributed by atoms with van der Waals surface area (Å²) in [6.45, 7) is 1.89. The highest BCUT2D eigenvalue weighted by atomic mass is 19.1. The fourth-order valence-corrected chi connectivity index (χ4v) is 1.93. The van der Waals surface area contributed by atoms with Gasteiger partial charge in [0.25, 0.3) is 0 Å². The topological polar surface area (TPSA) is 55.8 Å². The minimum Gasteiger partial charge on any atom is -0.494 e. The van der Waals surface area contributed by atoms with Crippen molar-refractivity contribution in [1.29, 1.82) is 0 Å². The summed E-state index contributed by atoms with van der Waals surface area (Å²) in [5, 5.41) is 8.95. The number of carboxylic acid groups (broad SMARTS) is 1. The first-order chi connectivity index (χ1) is 10.0. The van der Waals surface area contributed by atoms with Gasteiger partial charge in [-0.2, -0.15) is 0 Å². The van der Waals surface area contributed by atoms with Crippen molar-refractivity contribution < 1.29 is 23.8 Å². The van der Waals surface area contributed by atoms with Gasteiger partial charge in [-0.15, -0.1) is 0 Å². The predicted molar refractivity (Wildman–Crippen MR) is 75.4 cm³/mol. The molecule has 2 rings (SSSR count). The van der Waals surface area contributed by atoms with E-state index in [0.29, 0.717) is 16.9 Å². The molecule has 0 aliphatic rings. The van der Waals surface area contributed by atoms with Gasteiger partial charge in [0.05, 0.1) is 12.7 Å². The highest BCUT2D eigenvalue weighted by Crippen LogP contribution is 2.21. The Hall–Kier alpha value is -2.56. The van der Waals surface area contributed by atoms with Gasteiger partial charge in [0, 0.05) is 0 Å². The molecule has 21 heavy (non-hydrogen) atoms. The number of hydrogen-bond acceptors (Lipinski definition) is 3. The van der Waals surface area contributed by atoms with Gasteiger partial charge in [0.1, 0.15) is 12.4 Å². The third-order valence-corrected chi connectivity index (χ3v) is 3.05. The number of halogens is 1. The predicted octanol–water partition coefficient (Wildman–Crippen LogP) is 3.42. The lowest BCUT2D eigenvalue weighted by molar-refractivity contribution is 0.0696. The maximum absolute atomic E-state index is 13.5. The monoisotopic (exact) mass is 290 g/mol. The van der Waals surface area contributed by atoms with Crippen LogP contribution in [0.2, 0.25) is 0 Å². The van der Waals surface area contributed by atoms with E-state index in [1.807, 2.05) is 0 Å². The molecule has 1 N–H and O–H groups in total. The van der Waals surface area contributed by atoms with E-state index >= 15 is 0 Å². The molecular formula is C16H15FO4. The Bertz CT molecular complexity index is 667. The normalized spacial score (nSPS) is 10.2. The molecule has 2 aromatic rings. The van der Waals surface area contributed by atoms with Crippen molar-refractivity contribution in [3.05, 3.63) is 58.9 Å². The molecule has 5 heteroatoms. The number of ether oxygens (including phenoxy) is 2. The van der Waals surface area contributed by atoms with Crippen LogP contribution in [0.3, 0.4) is 0 Å². The van der Waals surface area contributed by atoms with Gasteiger partial charge >= 0.3 is 5.97 Å². The van der Waals surface area contributed by atoms with Crippen molar-refractivity contribution in [3.8, 4) is 11.5 Å². The van der Waals surface area contributed by atoms with E-state index < -0.39 is 11.8 Å². The largest absolute Gasteiger partial charge is 0.494 e. The molecule has 0 aliphatic heterocycles. The lowest BCUT2D eigenvalue weighted by Gasteiger charge is -2.09. The lowest BCUT2D eigenvalue weighted by atomic mass is 10.1. The van der Waals surface area contributed by atoms with Crippen LogP contribution < -0.4 is 9.47 Å². The zero-order valence-electron chi connectivity index (χ0n) is 11.7. The van der Waals surface area contributed by atoms with Gasteiger partial charge in [0.2, 0.25) is 0 Å². The molecular weight excluding hydrogens is 275 g/mol. The van der Waals surface area contributed by atoms with E-state index in [9.17, 15) is 9.18 Å². The first kappa shape index (κ1) is 14.8. The van der Waals surface area contributed by atoms with Gasteiger partial charge < -0.3 is 14.6 Å². The van der Waals surface area contributed by atoms with Crippen LogP contribution in [-0.4, -0.2) is 18.2 Å². The molecule has 0 heterocycles. The average Bonchev–Trinajstić information content (AvgIpc) is 2.45. The second-order valence-corrected chi connectivity index (χ2v) is 4.54. The fourth-order valence-electron chi connectivity index (χ4n) is 1.93. The molecule has 110 valence electrons. The van der Waals surface area contributed by atoms with Gasteiger partial charge in [-0.1, -0.05) is 6.07 Å². The van der Waals surface area contributed by atoms with Crippen LogP contribution in [-0.2, 0) is 6.61 Å². The number of methoxy groups -OCH3 is 1. The van der Waals surface area contributed by atoms with E-state index in [2.05, 4.69) is 0 Å². The zero-order valence-corrected chi connectivity index (χ0v) is 11.7. The Morgan fingerprint density at radius 1 is 1.24 bits per heavy atom. The molecule has 0 saturated heterocycles. The molecule has 0 aromatic heterocycles. The molecule has 2 aromatic carbocycles. The second kappa shape index (κ2) is 6.26. The first-order valence-corrected chi connectivity index (χ1v) is 6.30. The maximum Gasteiger partial charge on any atom is 0.335 e. The summed E-state index contributed by atoms with van der Waals surface area (Å²) in [4.78, 5) is 10.9. The van der Waals surface area contributed by atoms with E-state index in [1.165, 1.54) is 25.3 Å². The molecule has 0 atom stereocenters. The minimum atomic E-state index is -0.976. The minimum absolute atomic E-state index is 0.181. The summed E-state index contributed by atoms with van der Waals surface area (Å²) in [6.07, 6.45) is 0. The number of aromatic carboxylic acids is 1. The Morgan fingerprint density at radius 2 is 2.00 bits per heavy atom. The molecule has 0 radical (unpaired) electrons. The molecule has 0 aliphatic carbocycles. The Kier molecular flexibility index (Phi) is 4.42. The van der Waals surface area contributed by atoms with Crippen LogP contribution in [0.15, 0.2) is 36.4 Å². The molecule has 4 nitrogen and oxygen atoms in total. The number of rotatable bonds is 5. The standard InChI is InChI=1S/C16H15FO4/c1-10-7-12(4-5-13(10)16(18)19)21-9-11-3-6-15(20-2)14(17)8-11/h3-8H,9H2,1-2H3,(H,18,19). The molecule has 0 amide bonds. The number of hydrogen-bond donors (Lipinski definition) is 1. The van der Waals surface area contributed by atoms with Crippen molar-refractivity contribution in [2.75, 3.05) is 7.11 Å². The number of carboxylic acids is 1. The number of aryl methyl sites for hydroxylation is 1. The van der Waals surface area contributed by atoms with Crippen LogP contribution in [0.5, 0.6) is 11.5 Å². The van der Waals surface area contributed by atoms with Gasteiger partial charge in [-0.3, -0.25) is 0 Å². The third-order valence-electron chi connectivity index (χ3n) is 3.05. The van der Waals surface area contributed by atoms with Crippen molar-refractivity contribution in [3.63, 3.8) is 0 Å². The lowest BCUT2D eigenvalue weighted by Crippen LogP contribution is -2.01. The Balaban J connectivity index is 2.08. The quantitative estimate of drug-likeness (QED) is 0.916. The summed E-state index contributed by atoms with van der Waals surface area (Å²) in [5.41, 5.74) is 1.51. The van der Waals surface area contributed by atoms with E-state index in [-0.39, 0.29) is 17.9 Å². The Morgan fingerprint density at radius 3 is 2.57 bits per heavy atom. The summed E-state index contributed by atoms with van der Waals surface area (Å²) in [7, 11) is 1.40. The van der Waals surface area contributed by atoms with Gasteiger partial charge in [-0.25, -0.2) is 9.18 Å². The average molecular weight is 290 g/mol. The second-order valence-electron chi connectivity index (χ2n) is 4.54. The molecule has 0 unspecified atom stereocenters.